The standard InChI is InChI=1S/C17H14N6O/c1-2-4-13(5-3-1)24-14-7-6-12(8-18-14)9-19-16-15-17(21-10-20-15)23-11-22-16/h1-8,10-11H,9H2,(H2,19,20,21,22,23). The van der Waals surface area contributed by atoms with Crippen LogP contribution in [0.3, 0.4) is 0 Å². The number of hydrogen-bond donors (Lipinski definition) is 2. The van der Waals surface area contributed by atoms with E-state index < -0.39 is 0 Å². The second kappa shape index (κ2) is 6.33. The Labute approximate surface area is 137 Å². The Bertz CT molecular complexity index is 936. The largest absolute Gasteiger partial charge is 0.439 e. The van der Waals surface area contributed by atoms with Gasteiger partial charge in [-0.15, -0.1) is 0 Å². The van der Waals surface area contributed by atoms with Crippen molar-refractivity contribution in [2.45, 2.75) is 6.54 Å². The molecule has 0 radical (unpaired) electrons. The lowest BCUT2D eigenvalue weighted by Crippen LogP contribution is -2.03. The van der Waals surface area contributed by atoms with Crippen LogP contribution < -0.4 is 10.1 Å². The van der Waals surface area contributed by atoms with Crippen LogP contribution in [0.15, 0.2) is 61.3 Å². The number of hydrogen-bond acceptors (Lipinski definition) is 6. The van der Waals surface area contributed by atoms with Gasteiger partial charge in [-0.05, 0) is 17.7 Å². The van der Waals surface area contributed by atoms with Crippen LogP contribution in [0.2, 0.25) is 0 Å². The van der Waals surface area contributed by atoms with Crippen molar-refractivity contribution in [3.63, 3.8) is 0 Å². The maximum Gasteiger partial charge on any atom is 0.219 e. The van der Waals surface area contributed by atoms with Gasteiger partial charge in [0.15, 0.2) is 11.5 Å². The molecule has 118 valence electrons. The Morgan fingerprint density at radius 1 is 0.958 bits per heavy atom. The van der Waals surface area contributed by atoms with E-state index in [9.17, 15) is 0 Å². The number of imidazole rings is 1. The zero-order valence-corrected chi connectivity index (χ0v) is 12.7. The van der Waals surface area contributed by atoms with E-state index in [-0.39, 0.29) is 0 Å². The van der Waals surface area contributed by atoms with Crippen LogP contribution >= 0.6 is 0 Å². The van der Waals surface area contributed by atoms with Crippen molar-refractivity contribution < 1.29 is 4.74 Å². The zero-order chi connectivity index (χ0) is 16.2. The van der Waals surface area contributed by atoms with Crippen molar-refractivity contribution in [3.05, 3.63) is 66.9 Å². The highest BCUT2D eigenvalue weighted by atomic mass is 16.5. The van der Waals surface area contributed by atoms with Gasteiger partial charge in [0.25, 0.3) is 0 Å². The van der Waals surface area contributed by atoms with E-state index in [0.29, 0.717) is 23.9 Å². The van der Waals surface area contributed by atoms with E-state index in [4.69, 9.17) is 4.74 Å². The van der Waals surface area contributed by atoms with E-state index in [1.807, 2.05) is 42.5 Å². The first kappa shape index (κ1) is 14.1. The van der Waals surface area contributed by atoms with Crippen molar-refractivity contribution in [2.24, 2.45) is 0 Å². The topological polar surface area (TPSA) is 88.6 Å². The Morgan fingerprint density at radius 3 is 2.71 bits per heavy atom. The molecule has 2 N–H and O–H groups in total. The highest BCUT2D eigenvalue weighted by Crippen LogP contribution is 2.19. The highest BCUT2D eigenvalue weighted by Gasteiger charge is 2.05. The molecule has 4 rings (SSSR count). The Hall–Kier alpha value is -3.48. The molecule has 0 bridgehead atoms. The lowest BCUT2D eigenvalue weighted by atomic mass is 10.3. The van der Waals surface area contributed by atoms with E-state index in [1.165, 1.54) is 6.33 Å². The van der Waals surface area contributed by atoms with Crippen molar-refractivity contribution in [2.75, 3.05) is 5.32 Å². The number of benzene rings is 1. The maximum atomic E-state index is 5.68. The van der Waals surface area contributed by atoms with Crippen LogP contribution in [-0.4, -0.2) is 24.9 Å². The molecule has 7 nitrogen and oxygen atoms in total. The molecule has 0 aliphatic rings. The summed E-state index contributed by atoms with van der Waals surface area (Å²) in [5.74, 6) is 2.03. The summed E-state index contributed by atoms with van der Waals surface area (Å²) < 4.78 is 5.68. The number of para-hydroxylation sites is 1. The number of nitrogens with one attached hydrogen (secondary N) is 2. The molecule has 0 aliphatic heterocycles. The van der Waals surface area contributed by atoms with Crippen LogP contribution in [0, 0.1) is 0 Å². The van der Waals surface area contributed by atoms with Gasteiger partial charge in [-0.2, -0.15) is 0 Å². The van der Waals surface area contributed by atoms with Crippen molar-refractivity contribution in [3.8, 4) is 11.6 Å². The number of aromatic nitrogens is 5. The third-order valence-corrected chi connectivity index (χ3v) is 3.45. The van der Waals surface area contributed by atoms with E-state index in [0.717, 1.165) is 16.8 Å². The molecular weight excluding hydrogens is 304 g/mol. The van der Waals surface area contributed by atoms with Gasteiger partial charge in [0.2, 0.25) is 5.88 Å². The Morgan fingerprint density at radius 2 is 1.88 bits per heavy atom. The molecule has 24 heavy (non-hydrogen) atoms. The molecule has 0 aliphatic carbocycles. The number of nitrogens with zero attached hydrogens (tertiary/aromatic N) is 4. The van der Waals surface area contributed by atoms with Gasteiger partial charge in [-0.3, -0.25) is 0 Å². The molecule has 0 saturated heterocycles. The first-order valence-corrected chi connectivity index (χ1v) is 7.44. The van der Waals surface area contributed by atoms with Crippen LogP contribution in [0.4, 0.5) is 5.82 Å². The molecule has 0 amide bonds. The molecule has 0 unspecified atom stereocenters. The average Bonchev–Trinajstić information content (AvgIpc) is 3.11. The minimum Gasteiger partial charge on any atom is -0.439 e. The molecule has 0 saturated carbocycles. The van der Waals surface area contributed by atoms with Gasteiger partial charge < -0.3 is 15.0 Å². The number of fused-ring (bicyclic) bond motifs is 1. The third kappa shape index (κ3) is 3.00. The molecule has 0 fully saturated rings. The summed E-state index contributed by atoms with van der Waals surface area (Å²) in [6.07, 6.45) is 4.86. The lowest BCUT2D eigenvalue weighted by molar-refractivity contribution is 0.462. The molecule has 7 heteroatoms. The predicted octanol–water partition coefficient (Wildman–Crippen LogP) is 3.15. The normalized spacial score (nSPS) is 10.7. The van der Waals surface area contributed by atoms with Crippen LogP contribution in [0.5, 0.6) is 11.6 Å². The minimum atomic E-state index is 0.558. The third-order valence-electron chi connectivity index (χ3n) is 3.45. The fourth-order valence-corrected chi connectivity index (χ4v) is 2.27. The van der Waals surface area contributed by atoms with Crippen molar-refractivity contribution in [1.29, 1.82) is 0 Å². The maximum absolute atomic E-state index is 5.68. The fraction of sp³-hybridized carbons (Fsp3) is 0.0588. The smallest absolute Gasteiger partial charge is 0.219 e. The first-order valence-electron chi connectivity index (χ1n) is 7.44. The minimum absolute atomic E-state index is 0.558. The number of aromatic amines is 1. The van der Waals surface area contributed by atoms with Gasteiger partial charge >= 0.3 is 0 Å². The summed E-state index contributed by atoms with van der Waals surface area (Å²) in [5.41, 5.74) is 2.44. The van der Waals surface area contributed by atoms with Crippen LogP contribution in [0.1, 0.15) is 5.56 Å². The predicted molar refractivity (Wildman–Crippen MR) is 89.8 cm³/mol. The number of rotatable bonds is 5. The van der Waals surface area contributed by atoms with E-state index in [2.05, 4.69) is 30.2 Å². The summed E-state index contributed by atoms with van der Waals surface area (Å²) in [4.78, 5) is 19.8. The van der Waals surface area contributed by atoms with Crippen molar-refractivity contribution >= 4 is 17.0 Å². The molecule has 4 aromatic rings. The number of H-pyrrole nitrogens is 1. The van der Waals surface area contributed by atoms with E-state index >= 15 is 0 Å². The second-order valence-corrected chi connectivity index (χ2v) is 5.10. The molecule has 1 aromatic carbocycles. The summed E-state index contributed by atoms with van der Waals surface area (Å²) >= 11 is 0. The summed E-state index contributed by atoms with van der Waals surface area (Å²) in [5, 5.41) is 3.26. The molecule has 0 atom stereocenters. The quantitative estimate of drug-likeness (QED) is 0.587. The fourth-order valence-electron chi connectivity index (χ4n) is 2.27. The molecule has 3 heterocycles. The Kier molecular flexibility index (Phi) is 3.73. The molecular formula is C17H14N6O. The average molecular weight is 318 g/mol. The first-order chi connectivity index (χ1) is 11.9. The van der Waals surface area contributed by atoms with Gasteiger partial charge in [-0.1, -0.05) is 24.3 Å². The van der Waals surface area contributed by atoms with Gasteiger partial charge in [0.05, 0.1) is 6.33 Å². The number of anilines is 1. The van der Waals surface area contributed by atoms with E-state index in [1.54, 1.807) is 12.5 Å². The number of pyridine rings is 1. The van der Waals surface area contributed by atoms with Gasteiger partial charge in [0, 0.05) is 18.8 Å². The second-order valence-electron chi connectivity index (χ2n) is 5.10. The van der Waals surface area contributed by atoms with Crippen molar-refractivity contribution in [1.82, 2.24) is 24.9 Å². The zero-order valence-electron chi connectivity index (χ0n) is 12.7. The SMILES string of the molecule is c1ccc(Oc2ccc(CNc3ncnc4nc[nH]c34)cn2)cc1. The lowest BCUT2D eigenvalue weighted by Gasteiger charge is -2.07. The summed E-state index contributed by atoms with van der Waals surface area (Å²) in [6, 6.07) is 13.4. The number of ether oxygens (including phenoxy) is 1. The molecule has 3 aromatic heterocycles. The summed E-state index contributed by atoms with van der Waals surface area (Å²) in [7, 11) is 0. The monoisotopic (exact) mass is 318 g/mol. The molecule has 0 spiro atoms. The van der Waals surface area contributed by atoms with Crippen LogP contribution in [0.25, 0.3) is 11.2 Å². The van der Waals surface area contributed by atoms with Gasteiger partial charge in [0.1, 0.15) is 17.6 Å². The van der Waals surface area contributed by atoms with Crippen LogP contribution in [-0.2, 0) is 6.54 Å². The van der Waals surface area contributed by atoms with Gasteiger partial charge in [-0.25, -0.2) is 19.9 Å². The Balaban J connectivity index is 1.43. The highest BCUT2D eigenvalue weighted by molar-refractivity contribution is 5.81. The summed E-state index contributed by atoms with van der Waals surface area (Å²) in [6.45, 7) is 0.587.